The van der Waals surface area contributed by atoms with E-state index in [2.05, 4.69) is 15.5 Å². The molecular formula is C26H31N4O6S-. The van der Waals surface area contributed by atoms with Gasteiger partial charge in [-0.1, -0.05) is 67.5 Å². The molecule has 1 aliphatic rings. The van der Waals surface area contributed by atoms with Crippen LogP contribution in [-0.2, 0) is 30.5 Å². The summed E-state index contributed by atoms with van der Waals surface area (Å²) >= 11 is 0. The van der Waals surface area contributed by atoms with E-state index < -0.39 is 45.0 Å². The van der Waals surface area contributed by atoms with Gasteiger partial charge in [0.15, 0.2) is 5.79 Å². The van der Waals surface area contributed by atoms with E-state index in [4.69, 9.17) is 9.47 Å². The second-order valence-electron chi connectivity index (χ2n) is 10.1. The number of aliphatic carboxylic acids is 1. The van der Waals surface area contributed by atoms with Crippen LogP contribution in [0.5, 0.6) is 0 Å². The lowest BCUT2D eigenvalue weighted by Crippen LogP contribution is -2.59. The first-order chi connectivity index (χ1) is 17.4. The molecule has 1 saturated heterocycles. The number of carbonyl (C=O) groups is 1. The molecule has 4 atom stereocenters. The molecule has 0 N–H and O–H groups in total. The summed E-state index contributed by atoms with van der Waals surface area (Å²) < 4.78 is 40.1. The topological polar surface area (TPSA) is 136 Å². The molecule has 1 aliphatic heterocycles. The quantitative estimate of drug-likeness (QED) is 0.409. The fraction of sp³-hybridized carbons (Fsp3) is 0.462. The minimum absolute atomic E-state index is 0.0408. The lowest BCUT2D eigenvalue weighted by molar-refractivity contribution is -0.350. The Morgan fingerprint density at radius 2 is 1.76 bits per heavy atom. The molecule has 0 spiro atoms. The third-order valence-electron chi connectivity index (χ3n) is 7.00. The van der Waals surface area contributed by atoms with Crippen LogP contribution in [0, 0.1) is 11.3 Å². The molecule has 2 heterocycles. The van der Waals surface area contributed by atoms with E-state index in [1.165, 1.54) is 0 Å². The standard InChI is InChI=1S/C26H32N4O6S/c1-18(15-19-11-7-5-8-12-19)26(4,23(31)32)22-16-21(35-25(2,3)36-22)17-37(33,34)24-27-28-29-30(24)20-13-9-6-10-14-20/h5-14,18,21-22H,15-17H2,1-4H3,(H,31,32)/p-1/t18?,21-,22+,26?/m0/s1. The zero-order chi connectivity index (χ0) is 26.8. The molecule has 0 aliphatic carbocycles. The van der Waals surface area contributed by atoms with E-state index in [0.717, 1.165) is 10.2 Å². The molecular weight excluding hydrogens is 496 g/mol. The van der Waals surface area contributed by atoms with Crippen molar-refractivity contribution in [1.29, 1.82) is 0 Å². The van der Waals surface area contributed by atoms with Gasteiger partial charge in [-0.05, 0) is 54.3 Å². The predicted molar refractivity (Wildman–Crippen MR) is 132 cm³/mol. The number of tetrazole rings is 1. The zero-order valence-corrected chi connectivity index (χ0v) is 22.1. The molecule has 1 aromatic heterocycles. The zero-order valence-electron chi connectivity index (χ0n) is 21.3. The number of carboxylic acid groups (broad SMARTS) is 1. The molecule has 0 saturated carbocycles. The Morgan fingerprint density at radius 1 is 1.14 bits per heavy atom. The van der Waals surface area contributed by atoms with Crippen molar-refractivity contribution in [1.82, 2.24) is 20.2 Å². The summed E-state index contributed by atoms with van der Waals surface area (Å²) in [4.78, 5) is 12.6. The number of sulfone groups is 1. The van der Waals surface area contributed by atoms with Crippen LogP contribution in [0.2, 0.25) is 0 Å². The van der Waals surface area contributed by atoms with Crippen LogP contribution in [-0.4, -0.2) is 58.3 Å². The maximum Gasteiger partial charge on any atom is 0.272 e. The highest BCUT2D eigenvalue weighted by Gasteiger charge is 2.49. The number of carbonyl (C=O) groups excluding carboxylic acids is 1. The number of hydrogen-bond donors (Lipinski definition) is 0. The normalized spacial score (nSPS) is 22.2. The Morgan fingerprint density at radius 3 is 2.38 bits per heavy atom. The number of ether oxygens (including phenoxy) is 2. The van der Waals surface area contributed by atoms with Gasteiger partial charge in [-0.25, -0.2) is 8.42 Å². The van der Waals surface area contributed by atoms with Gasteiger partial charge in [-0.15, -0.1) is 0 Å². The van der Waals surface area contributed by atoms with Crippen molar-refractivity contribution in [3.63, 3.8) is 0 Å². The smallest absolute Gasteiger partial charge is 0.272 e. The number of nitrogens with zero attached hydrogens (tertiary/aromatic N) is 4. The Labute approximate surface area is 216 Å². The number of hydrogen-bond acceptors (Lipinski definition) is 9. The summed E-state index contributed by atoms with van der Waals surface area (Å²) in [5, 5.41) is 23.4. The molecule has 1 fully saturated rings. The maximum atomic E-state index is 13.4. The Balaban J connectivity index is 1.60. The molecule has 0 radical (unpaired) electrons. The molecule has 11 heteroatoms. The Hall–Kier alpha value is -3.15. The van der Waals surface area contributed by atoms with Crippen molar-refractivity contribution in [2.75, 3.05) is 5.75 Å². The number of rotatable bonds is 9. The maximum absolute atomic E-state index is 13.4. The Bertz CT molecular complexity index is 1330. The fourth-order valence-electron chi connectivity index (χ4n) is 4.83. The summed E-state index contributed by atoms with van der Waals surface area (Å²) in [6, 6.07) is 18.3. The summed E-state index contributed by atoms with van der Waals surface area (Å²) in [6.45, 7) is 6.73. The van der Waals surface area contributed by atoms with Crippen LogP contribution in [0.3, 0.4) is 0 Å². The highest BCUT2D eigenvalue weighted by atomic mass is 32.2. The highest BCUT2D eigenvalue weighted by Crippen LogP contribution is 2.42. The van der Waals surface area contributed by atoms with Crippen molar-refractivity contribution >= 4 is 15.8 Å². The average molecular weight is 528 g/mol. The summed E-state index contributed by atoms with van der Waals surface area (Å²) in [6.07, 6.45) is -1.19. The minimum Gasteiger partial charge on any atom is -0.549 e. The summed E-state index contributed by atoms with van der Waals surface area (Å²) in [5.41, 5.74) is 0.0713. The lowest BCUT2D eigenvalue weighted by Gasteiger charge is -2.50. The van der Waals surface area contributed by atoms with Gasteiger partial charge in [0, 0.05) is 11.8 Å². The molecule has 37 heavy (non-hydrogen) atoms. The van der Waals surface area contributed by atoms with Crippen molar-refractivity contribution in [3.05, 3.63) is 66.2 Å². The fourth-order valence-corrected chi connectivity index (χ4v) is 6.24. The van der Waals surface area contributed by atoms with Crippen molar-refractivity contribution in [3.8, 4) is 5.69 Å². The van der Waals surface area contributed by atoms with E-state index >= 15 is 0 Å². The summed E-state index contributed by atoms with van der Waals surface area (Å²) in [5.74, 6) is -3.30. The third kappa shape index (κ3) is 5.73. The second-order valence-corrected chi connectivity index (χ2v) is 12.1. The average Bonchev–Trinajstić information content (AvgIpc) is 3.34. The van der Waals surface area contributed by atoms with Crippen LogP contribution < -0.4 is 5.11 Å². The van der Waals surface area contributed by atoms with E-state index in [9.17, 15) is 18.3 Å². The molecule has 0 amide bonds. The first-order valence-electron chi connectivity index (χ1n) is 12.1. The number of para-hydroxylation sites is 1. The molecule has 4 rings (SSSR count). The van der Waals surface area contributed by atoms with Gasteiger partial charge in [-0.2, -0.15) is 4.68 Å². The molecule has 0 bridgehead atoms. The van der Waals surface area contributed by atoms with Crippen LogP contribution in [0.25, 0.3) is 5.69 Å². The van der Waals surface area contributed by atoms with Crippen LogP contribution in [0.15, 0.2) is 65.8 Å². The van der Waals surface area contributed by atoms with Crippen molar-refractivity contribution in [2.45, 2.75) is 63.7 Å². The van der Waals surface area contributed by atoms with E-state index in [1.807, 2.05) is 37.3 Å². The number of benzene rings is 2. The highest BCUT2D eigenvalue weighted by molar-refractivity contribution is 7.91. The van der Waals surface area contributed by atoms with Gasteiger partial charge in [0.1, 0.15) is 0 Å². The monoisotopic (exact) mass is 527 g/mol. The molecule has 2 aromatic carbocycles. The third-order valence-corrected chi connectivity index (χ3v) is 8.62. The van der Waals surface area contributed by atoms with Crippen LogP contribution in [0.4, 0.5) is 0 Å². The van der Waals surface area contributed by atoms with E-state index in [-0.39, 0.29) is 17.5 Å². The molecule has 2 unspecified atom stereocenters. The first kappa shape index (κ1) is 26.9. The van der Waals surface area contributed by atoms with Gasteiger partial charge in [0.2, 0.25) is 9.84 Å². The van der Waals surface area contributed by atoms with Gasteiger partial charge < -0.3 is 19.4 Å². The first-order valence-corrected chi connectivity index (χ1v) is 13.7. The van der Waals surface area contributed by atoms with Gasteiger partial charge in [-0.3, -0.25) is 0 Å². The minimum atomic E-state index is -4.02. The van der Waals surface area contributed by atoms with Gasteiger partial charge in [0.05, 0.1) is 29.6 Å². The number of aromatic nitrogens is 4. The van der Waals surface area contributed by atoms with Crippen molar-refractivity contribution in [2.24, 2.45) is 11.3 Å². The molecule has 3 aromatic rings. The second kappa shape index (κ2) is 10.3. The SMILES string of the molecule is CC(Cc1ccccc1)C(C)(C(=O)[O-])[C@H]1C[C@@H](CS(=O)(=O)c2nnnn2-c2ccccc2)OC(C)(C)O1. The lowest BCUT2D eigenvalue weighted by atomic mass is 9.69. The predicted octanol–water partition coefficient (Wildman–Crippen LogP) is 1.98. The Kier molecular flexibility index (Phi) is 7.50. The van der Waals surface area contributed by atoms with Crippen molar-refractivity contribution < 1.29 is 27.8 Å². The number of carboxylic acids is 1. The van der Waals surface area contributed by atoms with Gasteiger partial charge in [0.25, 0.3) is 5.16 Å². The van der Waals surface area contributed by atoms with Crippen LogP contribution >= 0.6 is 0 Å². The largest absolute Gasteiger partial charge is 0.549 e. The molecule has 10 nitrogen and oxygen atoms in total. The van der Waals surface area contributed by atoms with Crippen LogP contribution in [0.1, 0.15) is 39.7 Å². The van der Waals surface area contributed by atoms with E-state index in [0.29, 0.717) is 12.1 Å². The summed E-state index contributed by atoms with van der Waals surface area (Å²) in [7, 11) is -4.02. The van der Waals surface area contributed by atoms with Gasteiger partial charge >= 0.3 is 0 Å². The molecule has 198 valence electrons. The van der Waals surface area contributed by atoms with E-state index in [1.54, 1.807) is 51.1 Å².